The summed E-state index contributed by atoms with van der Waals surface area (Å²) < 4.78 is 10.0. The molecule has 0 radical (unpaired) electrons. The Morgan fingerprint density at radius 3 is 2.25 bits per heavy atom. The summed E-state index contributed by atoms with van der Waals surface area (Å²) in [6.45, 7) is 7.65. The summed E-state index contributed by atoms with van der Waals surface area (Å²) in [4.78, 5) is 22.4. The average Bonchev–Trinajstić information content (AvgIpc) is 2.08. The summed E-state index contributed by atoms with van der Waals surface area (Å²) in [5, 5.41) is 8.88. The van der Waals surface area contributed by atoms with Crippen molar-refractivity contribution < 1.29 is 24.2 Å². The van der Waals surface area contributed by atoms with E-state index in [1.165, 1.54) is 0 Å². The van der Waals surface area contributed by atoms with Crippen LogP contribution in [0.5, 0.6) is 0 Å². The maximum atomic E-state index is 11.5. The molecule has 0 aromatic heterocycles. The Hall–Kier alpha value is -1.10. The topological polar surface area (TPSA) is 72.8 Å². The number of carbonyl (C=O) groups is 2. The highest BCUT2D eigenvalue weighted by molar-refractivity contribution is 5.94. The van der Waals surface area contributed by atoms with Crippen molar-refractivity contribution in [3.63, 3.8) is 0 Å². The Labute approximate surface area is 95.7 Å². The Kier molecular flexibility index (Phi) is 6.03. The van der Waals surface area contributed by atoms with Crippen molar-refractivity contribution in [3.8, 4) is 0 Å². The quantitative estimate of drug-likeness (QED) is 0.426. The molecule has 0 heterocycles. The van der Waals surface area contributed by atoms with E-state index in [1.807, 2.05) is 6.92 Å². The van der Waals surface area contributed by atoms with E-state index in [9.17, 15) is 9.59 Å². The summed E-state index contributed by atoms with van der Waals surface area (Å²) >= 11 is 0. The van der Waals surface area contributed by atoms with Crippen LogP contribution in [-0.2, 0) is 19.1 Å². The van der Waals surface area contributed by atoms with E-state index in [4.69, 9.17) is 14.6 Å². The van der Waals surface area contributed by atoms with Crippen molar-refractivity contribution in [1.29, 1.82) is 0 Å². The zero-order valence-corrected chi connectivity index (χ0v) is 10.3. The first-order valence-electron chi connectivity index (χ1n) is 5.31. The SMILES string of the molecule is CCOCCC(C(=O)O)C(=O)OC(C)(C)C. The summed E-state index contributed by atoms with van der Waals surface area (Å²) in [6.07, 6.45) is 0.137. The first-order chi connectivity index (χ1) is 7.28. The molecule has 0 amide bonds. The maximum Gasteiger partial charge on any atom is 0.320 e. The predicted octanol–water partition coefficient (Wildman–Crippen LogP) is 1.46. The molecule has 0 spiro atoms. The van der Waals surface area contributed by atoms with Crippen molar-refractivity contribution in [2.24, 2.45) is 5.92 Å². The minimum atomic E-state index is -1.17. The molecule has 5 nitrogen and oxygen atoms in total. The number of esters is 1. The van der Waals surface area contributed by atoms with Crippen LogP contribution in [0.4, 0.5) is 0 Å². The third-order valence-corrected chi connectivity index (χ3v) is 1.74. The van der Waals surface area contributed by atoms with Gasteiger partial charge in [0.15, 0.2) is 5.92 Å². The highest BCUT2D eigenvalue weighted by Crippen LogP contribution is 2.14. The van der Waals surface area contributed by atoms with Crippen LogP contribution < -0.4 is 0 Å². The minimum Gasteiger partial charge on any atom is -0.481 e. The van der Waals surface area contributed by atoms with E-state index in [-0.39, 0.29) is 13.0 Å². The minimum absolute atomic E-state index is 0.137. The third-order valence-electron chi connectivity index (χ3n) is 1.74. The Morgan fingerprint density at radius 2 is 1.88 bits per heavy atom. The van der Waals surface area contributed by atoms with Crippen molar-refractivity contribution in [2.45, 2.75) is 39.7 Å². The molecule has 0 aliphatic heterocycles. The number of carboxylic acids is 1. The number of hydrogen-bond donors (Lipinski definition) is 1. The second-order valence-electron chi connectivity index (χ2n) is 4.41. The fraction of sp³-hybridized carbons (Fsp3) is 0.818. The van der Waals surface area contributed by atoms with Crippen molar-refractivity contribution >= 4 is 11.9 Å². The fourth-order valence-corrected chi connectivity index (χ4v) is 1.06. The van der Waals surface area contributed by atoms with Gasteiger partial charge in [0.1, 0.15) is 5.60 Å². The van der Waals surface area contributed by atoms with Gasteiger partial charge in [0.2, 0.25) is 0 Å². The molecule has 0 rings (SSSR count). The lowest BCUT2D eigenvalue weighted by molar-refractivity contribution is -0.167. The Balaban J connectivity index is 4.31. The lowest BCUT2D eigenvalue weighted by Gasteiger charge is -2.22. The number of carbonyl (C=O) groups excluding carboxylic acids is 1. The Morgan fingerprint density at radius 1 is 1.31 bits per heavy atom. The van der Waals surface area contributed by atoms with Crippen LogP contribution in [-0.4, -0.2) is 35.9 Å². The number of carboxylic acid groups (broad SMARTS) is 1. The van der Waals surface area contributed by atoms with E-state index in [0.717, 1.165) is 0 Å². The second kappa shape index (κ2) is 6.48. The highest BCUT2D eigenvalue weighted by atomic mass is 16.6. The summed E-state index contributed by atoms with van der Waals surface area (Å²) in [5.41, 5.74) is -0.670. The van der Waals surface area contributed by atoms with E-state index in [2.05, 4.69) is 0 Å². The normalized spacial score (nSPS) is 13.2. The standard InChI is InChI=1S/C11H20O5/c1-5-15-7-6-8(9(12)13)10(14)16-11(2,3)4/h8H,5-7H2,1-4H3,(H,12,13). The van der Waals surface area contributed by atoms with Gasteiger partial charge < -0.3 is 14.6 Å². The molecule has 1 unspecified atom stereocenters. The van der Waals surface area contributed by atoms with Crippen LogP contribution in [0.25, 0.3) is 0 Å². The number of aliphatic carboxylic acids is 1. The summed E-state index contributed by atoms with van der Waals surface area (Å²) in [7, 11) is 0. The van der Waals surface area contributed by atoms with E-state index < -0.39 is 23.5 Å². The number of rotatable bonds is 6. The van der Waals surface area contributed by atoms with Crippen LogP contribution in [0.3, 0.4) is 0 Å². The summed E-state index contributed by atoms with van der Waals surface area (Å²) in [5.74, 6) is -3.03. The van der Waals surface area contributed by atoms with Crippen molar-refractivity contribution in [3.05, 3.63) is 0 Å². The molecule has 1 atom stereocenters. The van der Waals surface area contributed by atoms with Gasteiger partial charge >= 0.3 is 11.9 Å². The van der Waals surface area contributed by atoms with Crippen molar-refractivity contribution in [2.75, 3.05) is 13.2 Å². The molecule has 0 aromatic rings. The largest absolute Gasteiger partial charge is 0.481 e. The van der Waals surface area contributed by atoms with Gasteiger partial charge in [0, 0.05) is 13.2 Å². The molecule has 1 N–H and O–H groups in total. The van der Waals surface area contributed by atoms with Crippen LogP contribution in [0.2, 0.25) is 0 Å². The molecule has 0 aliphatic rings. The second-order valence-corrected chi connectivity index (χ2v) is 4.41. The van der Waals surface area contributed by atoms with Gasteiger partial charge in [-0.3, -0.25) is 9.59 Å². The van der Waals surface area contributed by atoms with Crippen LogP contribution in [0, 0.1) is 5.92 Å². The molecule has 94 valence electrons. The van der Waals surface area contributed by atoms with E-state index in [1.54, 1.807) is 20.8 Å². The third kappa shape index (κ3) is 6.40. The lowest BCUT2D eigenvalue weighted by atomic mass is 10.1. The zero-order chi connectivity index (χ0) is 12.8. The fourth-order valence-electron chi connectivity index (χ4n) is 1.06. The first kappa shape index (κ1) is 14.9. The van der Waals surface area contributed by atoms with Gasteiger partial charge in [-0.1, -0.05) is 0 Å². The molecular formula is C11H20O5. The van der Waals surface area contributed by atoms with E-state index in [0.29, 0.717) is 6.61 Å². The smallest absolute Gasteiger partial charge is 0.320 e. The van der Waals surface area contributed by atoms with Crippen LogP contribution >= 0.6 is 0 Å². The molecule has 0 bridgehead atoms. The zero-order valence-electron chi connectivity index (χ0n) is 10.3. The van der Waals surface area contributed by atoms with E-state index >= 15 is 0 Å². The van der Waals surface area contributed by atoms with Crippen LogP contribution in [0.1, 0.15) is 34.1 Å². The van der Waals surface area contributed by atoms with Gasteiger partial charge in [-0.05, 0) is 34.1 Å². The van der Waals surface area contributed by atoms with Gasteiger partial charge in [0.05, 0.1) is 0 Å². The molecule has 16 heavy (non-hydrogen) atoms. The molecule has 0 aromatic carbocycles. The average molecular weight is 232 g/mol. The predicted molar refractivity (Wildman–Crippen MR) is 58.1 cm³/mol. The monoisotopic (exact) mass is 232 g/mol. The molecule has 5 heteroatoms. The highest BCUT2D eigenvalue weighted by Gasteiger charge is 2.30. The molecule has 0 saturated carbocycles. The number of hydrogen-bond acceptors (Lipinski definition) is 4. The molecule has 0 fully saturated rings. The first-order valence-corrected chi connectivity index (χ1v) is 5.31. The molecule has 0 saturated heterocycles. The van der Waals surface area contributed by atoms with Crippen molar-refractivity contribution in [1.82, 2.24) is 0 Å². The van der Waals surface area contributed by atoms with Gasteiger partial charge in [-0.25, -0.2) is 0 Å². The lowest BCUT2D eigenvalue weighted by Crippen LogP contribution is -2.33. The Bertz CT molecular complexity index is 241. The van der Waals surface area contributed by atoms with Gasteiger partial charge in [-0.15, -0.1) is 0 Å². The maximum absolute atomic E-state index is 11.5. The van der Waals surface area contributed by atoms with Crippen LogP contribution in [0.15, 0.2) is 0 Å². The summed E-state index contributed by atoms with van der Waals surface area (Å²) in [6, 6.07) is 0. The van der Waals surface area contributed by atoms with Gasteiger partial charge in [-0.2, -0.15) is 0 Å². The van der Waals surface area contributed by atoms with Gasteiger partial charge in [0.25, 0.3) is 0 Å². The molecular weight excluding hydrogens is 212 g/mol. The number of ether oxygens (including phenoxy) is 2. The molecule has 0 aliphatic carbocycles.